The van der Waals surface area contributed by atoms with Crippen LogP contribution in [-0.2, 0) is 81.2 Å². The smallest absolute Gasteiger partial charge is 0.350 e. The minimum absolute atomic E-state index is 0.00224. The Labute approximate surface area is 599 Å². The van der Waals surface area contributed by atoms with Crippen molar-refractivity contribution in [3.8, 4) is 0 Å². The Kier molecular flexibility index (Phi) is 25.7. The molecule has 29 heteroatoms. The Balaban J connectivity index is 0.982. The molecule has 550 valence electrons. The maximum atomic E-state index is 15.9. The molecular weight excluding hydrogens is 1360 g/mol. The van der Waals surface area contributed by atoms with Crippen LogP contribution >= 0.6 is 11.6 Å². The van der Waals surface area contributed by atoms with Crippen LogP contribution in [0.1, 0.15) is 144 Å². The number of nitrogens with two attached hydrogens (primary N) is 2. The predicted octanol–water partition coefficient (Wildman–Crippen LogP) is 3.95. The van der Waals surface area contributed by atoms with Gasteiger partial charge in [0.15, 0.2) is 17.5 Å². The van der Waals surface area contributed by atoms with E-state index in [9.17, 15) is 63.0 Å². The van der Waals surface area contributed by atoms with Crippen LogP contribution in [0.2, 0.25) is 5.02 Å². The summed E-state index contributed by atoms with van der Waals surface area (Å²) < 4.78 is 37.0. The van der Waals surface area contributed by atoms with E-state index in [0.29, 0.717) is 10.6 Å². The number of Topliss-reactive ketones (excluding diaryl/α,β-unsaturated/α-hetero) is 1. The quantitative estimate of drug-likeness (QED) is 0.0117. The number of aliphatic hydroxyl groups excluding tert-OH is 1. The first-order valence-electron chi connectivity index (χ1n) is 33.6. The average Bonchev–Trinajstić information content (AvgIpc) is 0.669. The van der Waals surface area contributed by atoms with Gasteiger partial charge in [-0.2, -0.15) is 0 Å². The van der Waals surface area contributed by atoms with Gasteiger partial charge in [-0.05, 0) is 111 Å². The van der Waals surface area contributed by atoms with Crippen molar-refractivity contribution < 1.29 is 101 Å². The highest BCUT2D eigenvalue weighted by Crippen LogP contribution is 2.64. The van der Waals surface area contributed by atoms with Crippen LogP contribution in [0.25, 0.3) is 6.08 Å². The van der Waals surface area contributed by atoms with Gasteiger partial charge in [-0.3, -0.25) is 52.7 Å². The van der Waals surface area contributed by atoms with E-state index in [2.05, 4.69) is 26.6 Å². The van der Waals surface area contributed by atoms with Gasteiger partial charge in [0.2, 0.25) is 41.5 Å². The van der Waals surface area contributed by atoms with Crippen molar-refractivity contribution in [1.29, 1.82) is 0 Å². The maximum absolute atomic E-state index is 15.9. The van der Waals surface area contributed by atoms with Gasteiger partial charge in [-0.15, -0.1) is 0 Å². The van der Waals surface area contributed by atoms with E-state index in [-0.39, 0.29) is 72.9 Å². The van der Waals surface area contributed by atoms with Gasteiger partial charge >= 0.3 is 29.8 Å². The number of amides is 7. The maximum Gasteiger partial charge on any atom is 0.350 e. The van der Waals surface area contributed by atoms with Crippen LogP contribution < -0.4 is 38.1 Å². The highest BCUT2D eigenvalue weighted by molar-refractivity contribution is 6.30. The Morgan fingerprint density at radius 1 is 0.718 bits per heavy atom. The number of nitrogens with one attached hydrogen (secondary N) is 5. The van der Waals surface area contributed by atoms with Crippen LogP contribution in [0.3, 0.4) is 0 Å². The van der Waals surface area contributed by atoms with Gasteiger partial charge < -0.3 is 76.7 Å². The second-order valence-corrected chi connectivity index (χ2v) is 27.2. The summed E-state index contributed by atoms with van der Waals surface area (Å²) >= 11 is 5.90. The zero-order valence-electron chi connectivity index (χ0n) is 57.9. The zero-order chi connectivity index (χ0) is 75.3. The van der Waals surface area contributed by atoms with Crippen molar-refractivity contribution in [2.45, 2.75) is 178 Å². The first-order chi connectivity index (χ1) is 48.7. The normalized spacial score (nSPS) is 24.5. The standard InChI is InChI=1S/C74H86ClN7O21/c1-40-51(38-74(97)64(102-69(95)47-23-15-10-16-24-47)62-72(7,52(85)37-53-73(62,39-98-53)103-43(4)84)63(90)60(99-42(3)83)58(40)71(74,5)6)100-70(96)61(59(45-19-11-8-12-20-45)82-68(94)46-21-13-9-14-22-46)101-57(89)35-34-54(86)78-36-18-17-25-49(65(76)91)80-56(88)33-31-50(66(77)92)81-67(93)41(2)79-55(87)32-28-44-26-29-48(75)30-27-44/h8-16,19-24,26-30,32,41,49-53,59-62,64,85,97H,17-18,25,31,33-39H2,1-7H3,(H2,76,91)(H2,77,92)(H,78,86)(H,79,87)(H,80,88)(H,81,93)(H,82,94)/b32-28+/t41-,49-,50+,51-,52-,53+,59-,60+,61+,62-,64-,72+,73-,74+/m0/s1. The number of ketones is 1. The summed E-state index contributed by atoms with van der Waals surface area (Å²) in [5, 5.41) is 39.8. The first kappa shape index (κ1) is 78.6. The molecule has 1 heterocycles. The summed E-state index contributed by atoms with van der Waals surface area (Å²) in [6.07, 6.45) is -10.3. The number of rotatable bonds is 30. The molecular formula is C74H86ClN7O21. The van der Waals surface area contributed by atoms with Crippen molar-refractivity contribution in [2.24, 2.45) is 28.2 Å². The second kappa shape index (κ2) is 33.8. The monoisotopic (exact) mass is 1440 g/mol. The Hall–Kier alpha value is -10.2. The lowest BCUT2D eigenvalue weighted by Crippen LogP contribution is -2.82. The van der Waals surface area contributed by atoms with E-state index in [1.165, 1.54) is 83.2 Å². The molecule has 0 aromatic heterocycles. The van der Waals surface area contributed by atoms with E-state index in [0.717, 1.165) is 13.8 Å². The van der Waals surface area contributed by atoms with Crippen molar-refractivity contribution in [3.63, 3.8) is 0 Å². The number of fused-ring (bicyclic) bond motifs is 5. The molecule has 1 aliphatic heterocycles. The molecule has 11 N–H and O–H groups in total. The molecule has 4 aliphatic rings. The molecule has 1 saturated heterocycles. The van der Waals surface area contributed by atoms with E-state index in [4.69, 9.17) is 51.5 Å². The summed E-state index contributed by atoms with van der Waals surface area (Å²) in [6.45, 7) is 8.90. The fraction of sp³-hybridized carbons (Fsp3) is 0.446. The summed E-state index contributed by atoms with van der Waals surface area (Å²) in [6, 6.07) is 24.7. The third-order valence-corrected chi connectivity index (χ3v) is 19.8. The first-order valence-corrected chi connectivity index (χ1v) is 34.0. The summed E-state index contributed by atoms with van der Waals surface area (Å²) in [7, 11) is 0. The molecule has 3 aliphatic carbocycles. The molecule has 0 spiro atoms. The molecule has 2 saturated carbocycles. The molecule has 0 radical (unpaired) electrons. The number of primary amides is 2. The van der Waals surface area contributed by atoms with E-state index in [1.54, 1.807) is 78.9 Å². The SMILES string of the molecule is CC(=O)O[C@H]1C(=O)[C@@]2(C)[C@H]([C@H](OC(=O)c3ccccc3)[C@]3(O)C[C@H](OC(=O)[C@H](OC(=O)CCC(=O)NCCCC[C@H](NC(=O)CC[C@@H](NC(=O)[C@H](C)NC(=O)/C=C/c4ccc(Cl)cc4)C(N)=O)C(N)=O)[C@@H](NC(=O)c4ccccc4)c4ccccc4)C(C)=C1C3(C)C)[C@]1(OC(C)=O)CO[C@@H]1C[C@@H]2O. The number of unbranched alkanes of at least 4 members (excludes halogenated alkanes) is 1. The van der Waals surface area contributed by atoms with Gasteiger partial charge in [0.05, 0.1) is 36.0 Å². The van der Waals surface area contributed by atoms with E-state index >= 15 is 9.59 Å². The molecule has 4 aromatic rings. The van der Waals surface area contributed by atoms with Gasteiger partial charge in [-0.1, -0.05) is 104 Å². The molecule has 3 fully saturated rings. The van der Waals surface area contributed by atoms with Gasteiger partial charge in [-0.25, -0.2) is 9.59 Å². The number of hydrogen-bond acceptors (Lipinski definition) is 21. The van der Waals surface area contributed by atoms with Crippen LogP contribution in [0.15, 0.2) is 132 Å². The minimum Gasteiger partial charge on any atom is -0.455 e. The van der Waals surface area contributed by atoms with Crippen LogP contribution in [0.5, 0.6) is 0 Å². The van der Waals surface area contributed by atoms with Crippen molar-refractivity contribution in [2.75, 3.05) is 13.2 Å². The minimum atomic E-state index is -2.57. The summed E-state index contributed by atoms with van der Waals surface area (Å²) in [5.74, 6) is -13.4. The third kappa shape index (κ3) is 18.2. The number of ether oxygens (including phenoxy) is 6. The third-order valence-electron chi connectivity index (χ3n) is 19.6. The number of carbonyl (C=O) groups is 13. The number of carbonyl (C=O) groups excluding carboxylic acids is 13. The lowest BCUT2D eigenvalue weighted by molar-refractivity contribution is -0.346. The topological polar surface area (TPSA) is 430 Å². The molecule has 28 nitrogen and oxygen atoms in total. The van der Waals surface area contributed by atoms with Gasteiger partial charge in [0.1, 0.15) is 48.1 Å². The fourth-order valence-electron chi connectivity index (χ4n) is 14.0. The van der Waals surface area contributed by atoms with Gasteiger partial charge in [0, 0.05) is 68.2 Å². The molecule has 4 aromatic carbocycles. The highest BCUT2D eigenvalue weighted by Gasteiger charge is 2.78. The molecule has 7 amide bonds. The Morgan fingerprint density at radius 3 is 1.92 bits per heavy atom. The summed E-state index contributed by atoms with van der Waals surface area (Å²) in [5.41, 5.74) is 3.57. The second-order valence-electron chi connectivity index (χ2n) is 26.8. The van der Waals surface area contributed by atoms with Crippen molar-refractivity contribution in [3.05, 3.63) is 160 Å². The lowest BCUT2D eigenvalue weighted by Gasteiger charge is -2.67. The number of hydrogen-bond donors (Lipinski definition) is 9. The molecule has 2 bridgehead atoms. The van der Waals surface area contributed by atoms with Crippen molar-refractivity contribution >= 4 is 94.7 Å². The van der Waals surface area contributed by atoms with Crippen LogP contribution in [0.4, 0.5) is 0 Å². The number of benzene rings is 4. The Morgan fingerprint density at radius 2 is 1.33 bits per heavy atom. The molecule has 14 atom stereocenters. The number of aliphatic hydroxyl groups is 2. The Bertz CT molecular complexity index is 3930. The largest absolute Gasteiger partial charge is 0.455 e. The molecule has 8 rings (SSSR count). The molecule has 103 heavy (non-hydrogen) atoms. The zero-order valence-corrected chi connectivity index (χ0v) is 58.7. The number of halogens is 1. The van der Waals surface area contributed by atoms with Crippen LogP contribution in [-0.4, -0.2) is 166 Å². The fourth-order valence-corrected chi connectivity index (χ4v) is 14.1. The molecule has 0 unspecified atom stereocenters. The summed E-state index contributed by atoms with van der Waals surface area (Å²) in [4.78, 5) is 178. The van der Waals surface area contributed by atoms with E-state index in [1.807, 2.05) is 0 Å². The van der Waals surface area contributed by atoms with Crippen molar-refractivity contribution in [1.82, 2.24) is 26.6 Å². The average molecular weight is 1440 g/mol. The highest BCUT2D eigenvalue weighted by atomic mass is 35.5. The van der Waals surface area contributed by atoms with E-state index < -0.39 is 192 Å². The van der Waals surface area contributed by atoms with Crippen LogP contribution in [0, 0.1) is 16.7 Å². The predicted molar refractivity (Wildman–Crippen MR) is 367 cm³/mol. The lowest BCUT2D eigenvalue weighted by atomic mass is 9.44. The number of esters is 5. The van der Waals surface area contributed by atoms with Gasteiger partial charge in [0.25, 0.3) is 5.91 Å².